The molecule has 0 fully saturated rings. The van der Waals surface area contributed by atoms with E-state index in [1.807, 2.05) is 0 Å². The smallest absolute Gasteiger partial charge is 0.416 e. The van der Waals surface area contributed by atoms with Crippen LogP contribution >= 0.6 is 0 Å². The van der Waals surface area contributed by atoms with Crippen LogP contribution in [0.15, 0.2) is 34.7 Å². The normalized spacial score (nSPS) is 19.2. The third-order valence-corrected chi connectivity index (χ3v) is 7.49. The molecule has 3 heterocycles. The first kappa shape index (κ1) is 33.0. The molecule has 1 unspecified atom stereocenters. The van der Waals surface area contributed by atoms with Crippen molar-refractivity contribution in [1.82, 2.24) is 20.1 Å². The molecule has 44 heavy (non-hydrogen) atoms. The summed E-state index contributed by atoms with van der Waals surface area (Å²) in [5.74, 6) is -3.44. The number of benzene rings is 1. The van der Waals surface area contributed by atoms with E-state index < -0.39 is 82.8 Å². The highest BCUT2D eigenvalue weighted by Gasteiger charge is 2.58. The molecular formula is C27H26F9N5O3. The van der Waals surface area contributed by atoms with Gasteiger partial charge in [0.15, 0.2) is 5.69 Å². The Morgan fingerprint density at radius 1 is 0.977 bits per heavy atom. The minimum Gasteiger partial charge on any atom is -0.416 e. The summed E-state index contributed by atoms with van der Waals surface area (Å²) in [6.07, 6.45) is -16.4. The van der Waals surface area contributed by atoms with Crippen molar-refractivity contribution in [3.63, 3.8) is 0 Å². The van der Waals surface area contributed by atoms with Crippen LogP contribution in [0.1, 0.15) is 72.6 Å². The fraction of sp³-hybridized carbons (Fsp3) is 0.481. The second kappa shape index (κ2) is 11.2. The molecule has 240 valence electrons. The van der Waals surface area contributed by atoms with Crippen LogP contribution in [0.5, 0.6) is 0 Å². The molecule has 1 atom stereocenters. The van der Waals surface area contributed by atoms with Gasteiger partial charge in [-0.2, -0.15) is 39.5 Å². The molecule has 0 radical (unpaired) electrons. The van der Waals surface area contributed by atoms with Crippen molar-refractivity contribution < 1.29 is 53.8 Å². The van der Waals surface area contributed by atoms with Crippen molar-refractivity contribution in [2.45, 2.75) is 75.6 Å². The minimum atomic E-state index is -5.28. The zero-order chi connectivity index (χ0) is 32.9. The summed E-state index contributed by atoms with van der Waals surface area (Å²) in [5, 5.41) is 17.2. The van der Waals surface area contributed by atoms with Crippen molar-refractivity contribution in [1.29, 1.82) is 0 Å². The maximum atomic E-state index is 14.1. The number of pyridine rings is 1. The molecule has 0 saturated carbocycles. The van der Waals surface area contributed by atoms with Crippen LogP contribution in [-0.2, 0) is 23.7 Å². The van der Waals surface area contributed by atoms with E-state index in [4.69, 9.17) is 10.2 Å². The van der Waals surface area contributed by atoms with E-state index in [0.717, 1.165) is 18.7 Å². The molecule has 8 nitrogen and oxygen atoms in total. The summed E-state index contributed by atoms with van der Waals surface area (Å²) in [4.78, 5) is 18.3. The van der Waals surface area contributed by atoms with Gasteiger partial charge in [0.1, 0.15) is 5.69 Å². The van der Waals surface area contributed by atoms with Gasteiger partial charge in [-0.25, -0.2) is 4.98 Å². The largest absolute Gasteiger partial charge is 0.426 e. The number of carbonyl (C=O) groups is 1. The summed E-state index contributed by atoms with van der Waals surface area (Å²) in [6.45, 7) is 1.11. The topological polar surface area (TPSA) is 118 Å². The van der Waals surface area contributed by atoms with Crippen LogP contribution in [0, 0.1) is 0 Å². The molecule has 1 aliphatic rings. The number of hydrogen-bond donors (Lipinski definition) is 2. The molecule has 0 aliphatic carbocycles. The molecule has 1 amide bonds. The molecule has 1 aliphatic heterocycles. The number of aromatic nitrogens is 3. The summed E-state index contributed by atoms with van der Waals surface area (Å²) >= 11 is 0. The Labute approximate surface area is 244 Å². The first-order chi connectivity index (χ1) is 20.2. The van der Waals surface area contributed by atoms with E-state index in [2.05, 4.69) is 15.2 Å². The van der Waals surface area contributed by atoms with E-state index in [1.165, 1.54) is 24.3 Å². The average Bonchev–Trinajstić information content (AvgIpc) is 3.40. The maximum Gasteiger partial charge on any atom is 0.426 e. The number of alkyl halides is 9. The quantitative estimate of drug-likeness (QED) is 0.313. The molecular weight excluding hydrogens is 613 g/mol. The van der Waals surface area contributed by atoms with Crippen molar-refractivity contribution in [3.8, 4) is 11.6 Å². The number of aliphatic hydroxyl groups is 1. The Bertz CT molecular complexity index is 1530. The first-order valence-corrected chi connectivity index (χ1v) is 13.1. The maximum absolute atomic E-state index is 14.1. The second-order valence-corrected chi connectivity index (χ2v) is 11.0. The Kier molecular flexibility index (Phi) is 8.43. The van der Waals surface area contributed by atoms with E-state index in [0.29, 0.717) is 6.07 Å². The summed E-state index contributed by atoms with van der Waals surface area (Å²) < 4.78 is 130. The number of nitrogens with two attached hydrogens (primary N) is 1. The number of nitrogens with zero attached hydrogens (tertiary/aromatic N) is 4. The molecule has 0 saturated heterocycles. The van der Waals surface area contributed by atoms with Gasteiger partial charge in [0.05, 0.1) is 16.7 Å². The molecule has 1 aromatic carbocycles. The average molecular weight is 640 g/mol. The van der Waals surface area contributed by atoms with Crippen LogP contribution in [0.3, 0.4) is 0 Å². The number of hydrogen-bond acceptors (Lipinski definition) is 7. The van der Waals surface area contributed by atoms with E-state index in [1.54, 1.807) is 0 Å². The Morgan fingerprint density at radius 3 is 2.27 bits per heavy atom. The van der Waals surface area contributed by atoms with Gasteiger partial charge in [0.25, 0.3) is 17.7 Å². The predicted octanol–water partition coefficient (Wildman–Crippen LogP) is 6.54. The van der Waals surface area contributed by atoms with Gasteiger partial charge in [-0.05, 0) is 50.3 Å². The Morgan fingerprint density at radius 2 is 1.66 bits per heavy atom. The third kappa shape index (κ3) is 6.19. The molecule has 17 heteroatoms. The van der Waals surface area contributed by atoms with Gasteiger partial charge in [-0.15, -0.1) is 10.2 Å². The van der Waals surface area contributed by atoms with Gasteiger partial charge in [-0.1, -0.05) is 30.7 Å². The summed E-state index contributed by atoms with van der Waals surface area (Å²) in [5.41, 5.74) is -4.48. The molecule has 2 aromatic heterocycles. The number of carbonyl (C=O) groups excluding carboxylic acids is 1. The van der Waals surface area contributed by atoms with Gasteiger partial charge >= 0.3 is 18.5 Å². The fourth-order valence-electron chi connectivity index (χ4n) is 4.64. The molecule has 4 rings (SSSR count). The number of halogens is 9. The van der Waals surface area contributed by atoms with Gasteiger partial charge in [0.2, 0.25) is 5.60 Å². The standard InChI is InChI=1S/C27H26F9N5O3/c1-23(2,26(31,32)33)15-8-6-7-14(11-15)13-41-10-5-3-4-9-24(43,27(34,35)36)22-40-39-20(44-22)19-17(37)12-16(25(28,29)30)18(38-19)21(41)42/h6-8,11-12,43H,3-5,9-10,13,37H2,1-2H3. The van der Waals surface area contributed by atoms with Crippen molar-refractivity contribution >= 4 is 11.6 Å². The van der Waals surface area contributed by atoms with E-state index >= 15 is 0 Å². The van der Waals surface area contributed by atoms with Crippen molar-refractivity contribution in [2.75, 3.05) is 12.3 Å². The van der Waals surface area contributed by atoms with Gasteiger partial charge in [-0.3, -0.25) is 4.79 Å². The van der Waals surface area contributed by atoms with Crippen LogP contribution in [0.4, 0.5) is 45.2 Å². The number of rotatable bonds is 3. The Balaban J connectivity index is 1.84. The van der Waals surface area contributed by atoms with Crippen molar-refractivity contribution in [3.05, 3.63) is 58.6 Å². The monoisotopic (exact) mass is 639 g/mol. The zero-order valence-electron chi connectivity index (χ0n) is 23.2. The highest BCUT2D eigenvalue weighted by molar-refractivity contribution is 5.95. The second-order valence-electron chi connectivity index (χ2n) is 11.0. The lowest BCUT2D eigenvalue weighted by Crippen LogP contribution is -2.42. The lowest BCUT2D eigenvalue weighted by atomic mass is 9.83. The molecule has 3 aromatic rings. The number of nitrogen functional groups attached to an aromatic ring is 1. The molecule has 3 N–H and O–H groups in total. The minimum absolute atomic E-state index is 0.0448. The van der Waals surface area contributed by atoms with Gasteiger partial charge < -0.3 is 20.2 Å². The van der Waals surface area contributed by atoms with E-state index in [-0.39, 0.29) is 36.9 Å². The van der Waals surface area contributed by atoms with Crippen molar-refractivity contribution in [2.24, 2.45) is 0 Å². The van der Waals surface area contributed by atoms with Crippen LogP contribution in [-0.4, -0.2) is 50.0 Å². The zero-order valence-corrected chi connectivity index (χ0v) is 23.2. The number of fused-ring (bicyclic) bond motifs is 5. The predicted molar refractivity (Wildman–Crippen MR) is 136 cm³/mol. The molecule has 4 bridgehead atoms. The Hall–Kier alpha value is -3.89. The third-order valence-electron chi connectivity index (χ3n) is 7.49. The fourth-order valence-corrected chi connectivity index (χ4v) is 4.64. The molecule has 0 spiro atoms. The summed E-state index contributed by atoms with van der Waals surface area (Å²) in [6, 6.07) is 5.41. The van der Waals surface area contributed by atoms with Crippen LogP contribution in [0.2, 0.25) is 0 Å². The highest BCUT2D eigenvalue weighted by Crippen LogP contribution is 2.44. The lowest BCUT2D eigenvalue weighted by molar-refractivity contribution is -0.277. The highest BCUT2D eigenvalue weighted by atomic mass is 19.4. The van der Waals surface area contributed by atoms with Gasteiger partial charge in [0, 0.05) is 13.1 Å². The van der Waals surface area contributed by atoms with Crippen LogP contribution < -0.4 is 5.73 Å². The van der Waals surface area contributed by atoms with Crippen LogP contribution in [0.25, 0.3) is 11.6 Å². The summed E-state index contributed by atoms with van der Waals surface area (Å²) in [7, 11) is 0. The number of anilines is 1. The van der Waals surface area contributed by atoms with E-state index in [9.17, 15) is 49.4 Å². The first-order valence-electron chi connectivity index (χ1n) is 13.1. The SMILES string of the molecule is CC(C)(c1cccc(CN2CCCCCC(O)(C(F)(F)F)c3nnc(o3)-c3nc(c(C(F)(F)F)cc3N)C2=O)c1)C(F)(F)F. The lowest BCUT2D eigenvalue weighted by Gasteiger charge is -2.29. The number of amides is 1.